The summed E-state index contributed by atoms with van der Waals surface area (Å²) in [7, 11) is 0. The van der Waals surface area contributed by atoms with E-state index in [2.05, 4.69) is 21.8 Å². The summed E-state index contributed by atoms with van der Waals surface area (Å²) in [6.45, 7) is 3.74. The lowest BCUT2D eigenvalue weighted by molar-refractivity contribution is 0.102. The Morgan fingerprint density at radius 3 is 2.54 bits per heavy atom. The van der Waals surface area contributed by atoms with Gasteiger partial charge in [-0.1, -0.05) is 55.1 Å². The topological polar surface area (TPSA) is 58.6 Å². The van der Waals surface area contributed by atoms with Gasteiger partial charge in [0.15, 0.2) is 5.78 Å². The summed E-state index contributed by atoms with van der Waals surface area (Å²) in [6.07, 6.45) is 11.4. The van der Waals surface area contributed by atoms with Crippen LogP contribution in [0.25, 0.3) is 0 Å². The fraction of sp³-hybridized carbons (Fsp3) is 0.450. The van der Waals surface area contributed by atoms with E-state index in [1.54, 1.807) is 24.3 Å². The van der Waals surface area contributed by atoms with Crippen LogP contribution in [0.2, 0.25) is 5.02 Å². The molecule has 26 heavy (non-hydrogen) atoms. The fourth-order valence-corrected chi connectivity index (χ4v) is 3.43. The number of allylic oxidation sites excluding steroid dienone is 1. The van der Waals surface area contributed by atoms with E-state index in [4.69, 9.17) is 11.6 Å². The van der Waals surface area contributed by atoms with Gasteiger partial charge >= 0.3 is 0 Å². The number of halogens is 1. The van der Waals surface area contributed by atoms with Crippen LogP contribution in [0.1, 0.15) is 61.1 Å². The van der Waals surface area contributed by atoms with Crippen molar-refractivity contribution in [3.63, 3.8) is 0 Å². The number of aromatic nitrogens is 3. The van der Waals surface area contributed by atoms with Gasteiger partial charge in [-0.05, 0) is 43.5 Å². The first-order valence-corrected chi connectivity index (χ1v) is 10.5. The number of H-pyrrole nitrogens is 1. The van der Waals surface area contributed by atoms with Crippen LogP contribution in [0, 0.1) is 0 Å². The van der Waals surface area contributed by atoms with E-state index < -0.39 is 0 Å². The molecule has 140 valence electrons. The van der Waals surface area contributed by atoms with Gasteiger partial charge in [-0.2, -0.15) is 0 Å². The Bertz CT molecular complexity index is 685. The number of aryl methyl sites for hydroxylation is 1. The molecule has 0 radical (unpaired) electrons. The van der Waals surface area contributed by atoms with E-state index in [0.717, 1.165) is 25.1 Å². The SMILES string of the molecule is C=CCCCCCCCCc1nc(SCC(=O)c2ccc(Cl)cc2)n[nH]1. The normalized spacial score (nSPS) is 10.8. The summed E-state index contributed by atoms with van der Waals surface area (Å²) in [6, 6.07) is 6.94. The van der Waals surface area contributed by atoms with Crippen LogP contribution in [0.3, 0.4) is 0 Å². The number of unbranched alkanes of at least 4 members (excludes halogenated alkanes) is 6. The maximum Gasteiger partial charge on any atom is 0.208 e. The Labute approximate surface area is 164 Å². The highest BCUT2D eigenvalue weighted by molar-refractivity contribution is 7.99. The predicted molar refractivity (Wildman–Crippen MR) is 109 cm³/mol. The zero-order valence-corrected chi connectivity index (χ0v) is 16.6. The number of nitrogens with one attached hydrogen (secondary N) is 1. The third-order valence-electron chi connectivity index (χ3n) is 4.08. The van der Waals surface area contributed by atoms with Crippen molar-refractivity contribution >= 4 is 29.1 Å². The molecule has 4 nitrogen and oxygen atoms in total. The van der Waals surface area contributed by atoms with Gasteiger partial charge < -0.3 is 0 Å². The Kier molecular flexibility index (Phi) is 9.50. The molecule has 1 aromatic heterocycles. The lowest BCUT2D eigenvalue weighted by Gasteiger charge is -2.00. The number of Topliss-reactive ketones (excluding diaryl/α,β-unsaturated/α-hetero) is 1. The number of aromatic amines is 1. The number of carbonyl (C=O) groups is 1. The smallest absolute Gasteiger partial charge is 0.208 e. The van der Waals surface area contributed by atoms with Crippen molar-refractivity contribution in [2.75, 3.05) is 5.75 Å². The summed E-state index contributed by atoms with van der Waals surface area (Å²) < 4.78 is 0. The Morgan fingerprint density at radius 1 is 1.12 bits per heavy atom. The second kappa shape index (κ2) is 11.9. The molecule has 0 fully saturated rings. The molecule has 0 unspecified atom stereocenters. The van der Waals surface area contributed by atoms with Crippen molar-refractivity contribution in [3.05, 3.63) is 53.3 Å². The number of rotatable bonds is 13. The second-order valence-electron chi connectivity index (χ2n) is 6.23. The fourth-order valence-electron chi connectivity index (χ4n) is 2.59. The zero-order valence-electron chi connectivity index (χ0n) is 15.0. The molecule has 0 aliphatic rings. The standard InChI is InChI=1S/C20H26ClN3OS/c1-2-3-4-5-6-7-8-9-10-19-22-20(24-23-19)26-15-18(25)16-11-13-17(21)14-12-16/h2,11-14H,1,3-10,15H2,(H,22,23,24). The third-order valence-corrected chi connectivity index (χ3v) is 5.18. The number of hydrogen-bond donors (Lipinski definition) is 1. The molecule has 1 N–H and O–H groups in total. The van der Waals surface area contributed by atoms with Crippen LogP contribution in [0.4, 0.5) is 0 Å². The largest absolute Gasteiger partial charge is 0.293 e. The average Bonchev–Trinajstić information content (AvgIpc) is 3.10. The molecule has 0 spiro atoms. The molecule has 0 aliphatic carbocycles. The van der Waals surface area contributed by atoms with Gasteiger partial charge in [0.25, 0.3) is 0 Å². The number of thioether (sulfide) groups is 1. The maximum absolute atomic E-state index is 12.1. The lowest BCUT2D eigenvalue weighted by Crippen LogP contribution is -2.02. The first kappa shape index (κ1) is 20.7. The molecule has 0 bridgehead atoms. The van der Waals surface area contributed by atoms with E-state index in [0.29, 0.717) is 21.5 Å². The van der Waals surface area contributed by atoms with E-state index in [-0.39, 0.29) is 5.78 Å². The van der Waals surface area contributed by atoms with Crippen LogP contribution in [0.15, 0.2) is 42.1 Å². The minimum absolute atomic E-state index is 0.0504. The molecule has 1 aromatic carbocycles. The molecule has 2 rings (SSSR count). The van der Waals surface area contributed by atoms with E-state index in [1.807, 2.05) is 6.08 Å². The van der Waals surface area contributed by atoms with Crippen molar-refractivity contribution in [2.24, 2.45) is 0 Å². The van der Waals surface area contributed by atoms with Gasteiger partial charge in [0.05, 0.1) is 5.75 Å². The Morgan fingerprint density at radius 2 is 1.81 bits per heavy atom. The first-order valence-electron chi connectivity index (χ1n) is 9.13. The zero-order chi connectivity index (χ0) is 18.6. The summed E-state index contributed by atoms with van der Waals surface area (Å²) in [4.78, 5) is 16.6. The molecule has 0 saturated carbocycles. The summed E-state index contributed by atoms with van der Waals surface area (Å²) in [5.41, 5.74) is 0.658. The van der Waals surface area contributed by atoms with Gasteiger partial charge in [0.2, 0.25) is 5.16 Å². The van der Waals surface area contributed by atoms with Crippen molar-refractivity contribution in [1.82, 2.24) is 15.2 Å². The third kappa shape index (κ3) is 7.75. The van der Waals surface area contributed by atoms with Crippen LogP contribution < -0.4 is 0 Å². The Balaban J connectivity index is 1.62. The number of hydrogen-bond acceptors (Lipinski definition) is 4. The van der Waals surface area contributed by atoms with Crippen molar-refractivity contribution in [3.8, 4) is 0 Å². The van der Waals surface area contributed by atoms with Gasteiger partial charge in [-0.3, -0.25) is 9.89 Å². The van der Waals surface area contributed by atoms with Crippen LogP contribution in [0.5, 0.6) is 0 Å². The number of nitrogens with zero attached hydrogens (tertiary/aromatic N) is 2. The Hall–Kier alpha value is -1.59. The predicted octanol–water partition coefficient (Wildman–Crippen LogP) is 5.89. The molecular formula is C20H26ClN3OS. The van der Waals surface area contributed by atoms with Gasteiger partial charge in [-0.25, -0.2) is 4.98 Å². The average molecular weight is 392 g/mol. The van der Waals surface area contributed by atoms with E-state index in [9.17, 15) is 4.79 Å². The van der Waals surface area contributed by atoms with Crippen molar-refractivity contribution in [2.45, 2.75) is 56.5 Å². The maximum atomic E-state index is 12.1. The monoisotopic (exact) mass is 391 g/mol. The van der Waals surface area contributed by atoms with E-state index >= 15 is 0 Å². The van der Waals surface area contributed by atoms with Gasteiger partial charge in [0.1, 0.15) is 5.82 Å². The molecule has 0 amide bonds. The molecule has 0 atom stereocenters. The first-order chi connectivity index (χ1) is 12.7. The molecule has 6 heteroatoms. The van der Waals surface area contributed by atoms with Crippen LogP contribution in [-0.4, -0.2) is 26.7 Å². The van der Waals surface area contributed by atoms with Crippen molar-refractivity contribution < 1.29 is 4.79 Å². The quantitative estimate of drug-likeness (QED) is 0.200. The second-order valence-corrected chi connectivity index (χ2v) is 7.61. The molecule has 1 heterocycles. The summed E-state index contributed by atoms with van der Waals surface area (Å²) >= 11 is 7.20. The highest BCUT2D eigenvalue weighted by Crippen LogP contribution is 2.17. The molecular weight excluding hydrogens is 366 g/mol. The number of benzene rings is 1. The van der Waals surface area contributed by atoms with Gasteiger partial charge in [-0.15, -0.1) is 11.7 Å². The van der Waals surface area contributed by atoms with E-state index in [1.165, 1.54) is 43.9 Å². The summed E-state index contributed by atoms with van der Waals surface area (Å²) in [5.74, 6) is 1.27. The van der Waals surface area contributed by atoms with Gasteiger partial charge in [0, 0.05) is 17.0 Å². The van der Waals surface area contributed by atoms with Crippen LogP contribution >= 0.6 is 23.4 Å². The molecule has 0 saturated heterocycles. The highest BCUT2D eigenvalue weighted by atomic mass is 35.5. The van der Waals surface area contributed by atoms with Crippen LogP contribution in [-0.2, 0) is 6.42 Å². The minimum Gasteiger partial charge on any atom is -0.293 e. The molecule has 2 aromatic rings. The highest BCUT2D eigenvalue weighted by Gasteiger charge is 2.09. The number of ketones is 1. The number of carbonyl (C=O) groups excluding carboxylic acids is 1. The minimum atomic E-state index is 0.0504. The summed E-state index contributed by atoms with van der Waals surface area (Å²) in [5, 5.41) is 8.42. The molecule has 0 aliphatic heterocycles. The van der Waals surface area contributed by atoms with Crippen molar-refractivity contribution in [1.29, 1.82) is 0 Å². The lowest BCUT2D eigenvalue weighted by atomic mass is 10.1.